The third-order valence-electron chi connectivity index (χ3n) is 4.09. The average Bonchev–Trinajstić information content (AvgIpc) is 3.04. The number of benzene rings is 2. The third-order valence-corrected chi connectivity index (χ3v) is 5.52. The molecule has 0 aliphatic carbocycles. The van der Waals surface area contributed by atoms with Crippen molar-refractivity contribution in [3.8, 4) is 11.4 Å². The average molecular weight is 428 g/mol. The first-order chi connectivity index (χ1) is 13.8. The minimum Gasteiger partial charge on any atom is -0.339 e. The molecule has 3 rings (SSSR count). The Morgan fingerprint density at radius 1 is 1.17 bits per heavy atom. The van der Waals surface area contributed by atoms with E-state index in [9.17, 15) is 9.59 Å². The van der Waals surface area contributed by atoms with Crippen molar-refractivity contribution in [2.75, 3.05) is 19.4 Å². The fourth-order valence-electron chi connectivity index (χ4n) is 2.56. The second-order valence-electron chi connectivity index (χ2n) is 6.61. The molecule has 0 atom stereocenters. The highest BCUT2D eigenvalue weighted by molar-refractivity contribution is 8.13. The zero-order valence-corrected chi connectivity index (χ0v) is 17.9. The van der Waals surface area contributed by atoms with Gasteiger partial charge in [-0.05, 0) is 43.0 Å². The van der Waals surface area contributed by atoms with E-state index in [1.165, 1.54) is 4.90 Å². The van der Waals surface area contributed by atoms with Crippen LogP contribution in [-0.2, 0) is 11.3 Å². The van der Waals surface area contributed by atoms with Gasteiger partial charge in [-0.2, -0.15) is 5.10 Å². The van der Waals surface area contributed by atoms with Crippen LogP contribution >= 0.6 is 24.0 Å². The van der Waals surface area contributed by atoms with Crippen LogP contribution in [0.4, 0.5) is 10.5 Å². The second kappa shape index (κ2) is 9.06. The highest BCUT2D eigenvalue weighted by Gasteiger charge is 2.15. The van der Waals surface area contributed by atoms with E-state index in [0.717, 1.165) is 22.9 Å². The minimum atomic E-state index is -0.263. The maximum Gasteiger partial charge on any atom is 0.286 e. The van der Waals surface area contributed by atoms with E-state index in [2.05, 4.69) is 15.5 Å². The standard InChI is InChI=1S/C20H21N5O2S2/c1-13-8-10-14(11-9-13)18-22-23-19(28)25(18)12-17(26)21-15-6-4-5-7-16(15)29-20(27)24(2)3/h4-11H,12H2,1-3H3,(H,21,26)(H,23,28). The first-order valence-corrected chi connectivity index (χ1v) is 10.1. The number of aryl methyl sites for hydroxylation is 1. The Kier molecular flexibility index (Phi) is 6.50. The number of hydrogen-bond acceptors (Lipinski definition) is 5. The number of carbonyl (C=O) groups excluding carboxylic acids is 2. The molecule has 2 aromatic carbocycles. The number of para-hydroxylation sites is 1. The molecule has 1 heterocycles. The number of thioether (sulfide) groups is 1. The molecule has 0 aliphatic heterocycles. The highest BCUT2D eigenvalue weighted by atomic mass is 32.2. The maximum absolute atomic E-state index is 12.7. The van der Waals surface area contributed by atoms with Gasteiger partial charge in [-0.25, -0.2) is 0 Å². The molecule has 7 nitrogen and oxygen atoms in total. The van der Waals surface area contributed by atoms with E-state index in [-0.39, 0.29) is 17.7 Å². The predicted molar refractivity (Wildman–Crippen MR) is 118 cm³/mol. The van der Waals surface area contributed by atoms with Gasteiger partial charge in [0.1, 0.15) is 6.54 Å². The number of aromatic amines is 1. The highest BCUT2D eigenvalue weighted by Crippen LogP contribution is 2.28. The molecule has 0 bridgehead atoms. The van der Waals surface area contributed by atoms with Gasteiger partial charge in [-0.1, -0.05) is 42.0 Å². The van der Waals surface area contributed by atoms with Gasteiger partial charge in [0.2, 0.25) is 5.91 Å². The fourth-order valence-corrected chi connectivity index (χ4v) is 3.51. The van der Waals surface area contributed by atoms with Crippen LogP contribution in [0.3, 0.4) is 0 Å². The number of H-pyrrole nitrogens is 1. The van der Waals surface area contributed by atoms with Crippen molar-refractivity contribution >= 4 is 40.8 Å². The maximum atomic E-state index is 12.7. The van der Waals surface area contributed by atoms with Crippen molar-refractivity contribution < 1.29 is 9.59 Å². The molecule has 0 radical (unpaired) electrons. The van der Waals surface area contributed by atoms with Gasteiger partial charge in [0.05, 0.1) is 5.69 Å². The summed E-state index contributed by atoms with van der Waals surface area (Å²) < 4.78 is 2.01. The van der Waals surface area contributed by atoms with Crippen LogP contribution in [0.15, 0.2) is 53.4 Å². The summed E-state index contributed by atoms with van der Waals surface area (Å²) in [4.78, 5) is 26.9. The van der Waals surface area contributed by atoms with Crippen LogP contribution in [0.1, 0.15) is 5.56 Å². The SMILES string of the molecule is Cc1ccc(-c2n[nH]c(=S)n2CC(=O)Nc2ccccc2SC(=O)N(C)C)cc1. The summed E-state index contributed by atoms with van der Waals surface area (Å²) in [6.45, 7) is 2.00. The number of anilines is 1. The van der Waals surface area contributed by atoms with Crippen LogP contribution in [0.2, 0.25) is 0 Å². The molecule has 9 heteroatoms. The number of carbonyl (C=O) groups is 2. The normalized spacial score (nSPS) is 10.6. The van der Waals surface area contributed by atoms with Gasteiger partial charge in [0.25, 0.3) is 5.24 Å². The molecule has 0 saturated heterocycles. The van der Waals surface area contributed by atoms with Crippen molar-refractivity contribution in [2.45, 2.75) is 18.4 Å². The molecule has 1 aromatic heterocycles. The first-order valence-electron chi connectivity index (χ1n) is 8.85. The fraction of sp³-hybridized carbons (Fsp3) is 0.200. The monoisotopic (exact) mass is 427 g/mol. The zero-order valence-electron chi connectivity index (χ0n) is 16.3. The lowest BCUT2D eigenvalue weighted by Gasteiger charge is -2.13. The Labute approximate surface area is 178 Å². The lowest BCUT2D eigenvalue weighted by molar-refractivity contribution is -0.116. The summed E-state index contributed by atoms with van der Waals surface area (Å²) in [5.41, 5.74) is 2.57. The molecular weight excluding hydrogens is 406 g/mol. The summed E-state index contributed by atoms with van der Waals surface area (Å²) >= 11 is 6.36. The van der Waals surface area contributed by atoms with Gasteiger partial charge >= 0.3 is 0 Å². The number of amides is 2. The van der Waals surface area contributed by atoms with Crippen molar-refractivity contribution in [1.82, 2.24) is 19.7 Å². The molecule has 0 unspecified atom stereocenters. The quantitative estimate of drug-likeness (QED) is 0.468. The number of nitrogens with one attached hydrogen (secondary N) is 2. The zero-order chi connectivity index (χ0) is 21.0. The minimum absolute atomic E-state index is 0.000822. The van der Waals surface area contributed by atoms with Crippen molar-refractivity contribution in [3.63, 3.8) is 0 Å². The second-order valence-corrected chi connectivity index (χ2v) is 7.99. The molecule has 0 aliphatic rings. The summed E-state index contributed by atoms with van der Waals surface area (Å²) in [6.07, 6.45) is 0. The van der Waals surface area contributed by atoms with E-state index in [0.29, 0.717) is 21.2 Å². The molecular formula is C20H21N5O2S2. The van der Waals surface area contributed by atoms with Crippen molar-refractivity contribution in [1.29, 1.82) is 0 Å². The molecule has 0 spiro atoms. The summed E-state index contributed by atoms with van der Waals surface area (Å²) in [5, 5.41) is 9.76. The van der Waals surface area contributed by atoms with E-state index in [4.69, 9.17) is 12.2 Å². The predicted octanol–water partition coefficient (Wildman–Crippen LogP) is 4.33. The lowest BCUT2D eigenvalue weighted by atomic mass is 10.1. The number of rotatable bonds is 5. The topological polar surface area (TPSA) is 83.0 Å². The number of nitrogens with zero attached hydrogens (tertiary/aromatic N) is 3. The summed E-state index contributed by atoms with van der Waals surface area (Å²) in [7, 11) is 3.37. The Balaban J connectivity index is 1.79. The van der Waals surface area contributed by atoms with Gasteiger partial charge < -0.3 is 10.2 Å². The van der Waals surface area contributed by atoms with Crippen LogP contribution in [-0.4, -0.2) is 44.9 Å². The van der Waals surface area contributed by atoms with Gasteiger partial charge in [-0.15, -0.1) is 0 Å². The number of aromatic nitrogens is 3. The molecule has 29 heavy (non-hydrogen) atoms. The molecule has 3 aromatic rings. The first kappa shape index (κ1) is 20.8. The van der Waals surface area contributed by atoms with E-state index in [1.807, 2.05) is 37.3 Å². The summed E-state index contributed by atoms with van der Waals surface area (Å²) in [5.74, 6) is 0.330. The van der Waals surface area contributed by atoms with E-state index >= 15 is 0 Å². The molecule has 2 amide bonds. The van der Waals surface area contributed by atoms with Crippen molar-refractivity contribution in [2.24, 2.45) is 0 Å². The van der Waals surface area contributed by atoms with E-state index < -0.39 is 0 Å². The van der Waals surface area contributed by atoms with E-state index in [1.54, 1.807) is 36.9 Å². The van der Waals surface area contributed by atoms with Crippen LogP contribution in [0, 0.1) is 11.7 Å². The largest absolute Gasteiger partial charge is 0.339 e. The Bertz CT molecular complexity index is 1090. The van der Waals surface area contributed by atoms with Gasteiger partial charge in [0, 0.05) is 24.6 Å². The smallest absolute Gasteiger partial charge is 0.286 e. The molecule has 0 fully saturated rings. The molecule has 2 N–H and O–H groups in total. The van der Waals surface area contributed by atoms with Gasteiger partial charge in [-0.3, -0.25) is 19.3 Å². The van der Waals surface area contributed by atoms with Gasteiger partial charge in [0.15, 0.2) is 10.6 Å². The van der Waals surface area contributed by atoms with Crippen LogP contribution in [0.25, 0.3) is 11.4 Å². The molecule has 0 saturated carbocycles. The van der Waals surface area contributed by atoms with Crippen LogP contribution < -0.4 is 5.32 Å². The van der Waals surface area contributed by atoms with Crippen LogP contribution in [0.5, 0.6) is 0 Å². The van der Waals surface area contributed by atoms with Crippen molar-refractivity contribution in [3.05, 3.63) is 58.9 Å². The lowest BCUT2D eigenvalue weighted by Crippen LogP contribution is -2.20. The summed E-state index contributed by atoms with van der Waals surface area (Å²) in [6, 6.07) is 15.0. The number of hydrogen-bond donors (Lipinski definition) is 2. The Hall–Kier alpha value is -2.91. The Morgan fingerprint density at radius 3 is 2.55 bits per heavy atom. The molecule has 150 valence electrons. The Morgan fingerprint density at radius 2 is 1.86 bits per heavy atom. The third kappa shape index (κ3) is 5.12.